The predicted molar refractivity (Wildman–Crippen MR) is 222 cm³/mol. The number of rotatable bonds is 5. The van der Waals surface area contributed by atoms with Crippen molar-refractivity contribution in [1.29, 1.82) is 0 Å². The molecule has 0 radical (unpaired) electrons. The summed E-state index contributed by atoms with van der Waals surface area (Å²) in [4.78, 5) is 2.32. The van der Waals surface area contributed by atoms with E-state index in [2.05, 4.69) is 193 Å². The summed E-state index contributed by atoms with van der Waals surface area (Å²) in [5.41, 5.74) is 11.1. The van der Waals surface area contributed by atoms with Crippen LogP contribution >= 0.6 is 0 Å². The summed E-state index contributed by atoms with van der Waals surface area (Å²) in [5.74, 6) is 0. The summed E-state index contributed by atoms with van der Waals surface area (Å²) < 4.78 is 13.4. The van der Waals surface area contributed by atoms with E-state index in [1.54, 1.807) is 0 Å². The number of hydrogen-bond acceptors (Lipinski definition) is 3. The van der Waals surface area contributed by atoms with E-state index in [4.69, 9.17) is 8.83 Å². The molecule has 0 unspecified atom stereocenters. The molecule has 9 aromatic carbocycles. The molecule has 0 saturated carbocycles. The van der Waals surface area contributed by atoms with Gasteiger partial charge in [0.15, 0.2) is 5.58 Å². The molecular weight excluding hydrogens is 647 g/mol. The minimum atomic E-state index is 0.854. The highest BCUT2D eigenvalue weighted by molar-refractivity contribution is 6.22. The Morgan fingerprint density at radius 2 is 0.906 bits per heavy atom. The summed E-state index contributed by atoms with van der Waals surface area (Å²) in [7, 11) is 0. The van der Waals surface area contributed by atoms with Crippen molar-refractivity contribution in [2.75, 3.05) is 4.90 Å². The standard InChI is InChI=1S/C50H31NO2/c1-2-11-32(12-3-1)36-15-8-16-38(31-36)51(44-22-10-21-43-48-40-18-7-5-14-34(40)26-30-46(48)53-50(43)44)37-27-23-35(24-28-37)41-19-9-20-42-47-39-17-6-4-13-33(39)25-29-45(47)52-49(41)42/h1-31H. The van der Waals surface area contributed by atoms with Crippen LogP contribution in [0.25, 0.3) is 87.7 Å². The number of hydrogen-bond donors (Lipinski definition) is 0. The second-order valence-electron chi connectivity index (χ2n) is 13.7. The minimum absolute atomic E-state index is 0.854. The molecule has 0 fully saturated rings. The monoisotopic (exact) mass is 677 g/mol. The maximum atomic E-state index is 6.78. The van der Waals surface area contributed by atoms with Crippen LogP contribution in [-0.4, -0.2) is 0 Å². The van der Waals surface area contributed by atoms with Crippen molar-refractivity contribution in [1.82, 2.24) is 0 Å². The van der Waals surface area contributed by atoms with Gasteiger partial charge in [0.05, 0.1) is 5.69 Å². The van der Waals surface area contributed by atoms with Crippen molar-refractivity contribution in [3.05, 3.63) is 188 Å². The Morgan fingerprint density at radius 1 is 0.340 bits per heavy atom. The molecule has 0 aliphatic rings. The van der Waals surface area contributed by atoms with Crippen molar-refractivity contribution in [2.24, 2.45) is 0 Å². The first-order chi connectivity index (χ1) is 26.3. The Bertz CT molecular complexity index is 3170. The third kappa shape index (κ3) is 4.68. The van der Waals surface area contributed by atoms with E-state index in [9.17, 15) is 0 Å². The van der Waals surface area contributed by atoms with Gasteiger partial charge in [-0.25, -0.2) is 0 Å². The smallest absolute Gasteiger partial charge is 0.159 e. The fourth-order valence-corrected chi connectivity index (χ4v) is 8.20. The average Bonchev–Trinajstić information content (AvgIpc) is 3.82. The normalized spacial score (nSPS) is 11.8. The minimum Gasteiger partial charge on any atom is -0.455 e. The summed E-state index contributed by atoms with van der Waals surface area (Å²) in [6, 6.07) is 66.6. The first-order valence-corrected chi connectivity index (χ1v) is 18.0. The van der Waals surface area contributed by atoms with Gasteiger partial charge in [-0.2, -0.15) is 0 Å². The van der Waals surface area contributed by atoms with Crippen molar-refractivity contribution in [3.8, 4) is 22.3 Å². The Balaban J connectivity index is 1.10. The van der Waals surface area contributed by atoms with E-state index in [1.165, 1.54) is 27.1 Å². The van der Waals surface area contributed by atoms with Crippen LogP contribution in [0.1, 0.15) is 0 Å². The molecule has 0 saturated heterocycles. The van der Waals surface area contributed by atoms with Gasteiger partial charge < -0.3 is 13.7 Å². The third-order valence-electron chi connectivity index (χ3n) is 10.6. The maximum absolute atomic E-state index is 6.78. The van der Waals surface area contributed by atoms with Crippen LogP contribution in [0.15, 0.2) is 197 Å². The molecule has 11 aromatic rings. The largest absolute Gasteiger partial charge is 0.455 e. The fourth-order valence-electron chi connectivity index (χ4n) is 8.20. The zero-order valence-electron chi connectivity index (χ0n) is 28.7. The highest BCUT2D eigenvalue weighted by Gasteiger charge is 2.21. The number of furan rings is 2. The van der Waals surface area contributed by atoms with E-state index in [0.29, 0.717) is 0 Å². The van der Waals surface area contributed by atoms with Gasteiger partial charge in [0.25, 0.3) is 0 Å². The van der Waals surface area contributed by atoms with E-state index < -0.39 is 0 Å². The van der Waals surface area contributed by atoms with Gasteiger partial charge in [-0.05, 0) is 80.7 Å². The Kier molecular flexibility index (Phi) is 6.55. The van der Waals surface area contributed by atoms with Crippen LogP contribution in [0.2, 0.25) is 0 Å². The maximum Gasteiger partial charge on any atom is 0.159 e. The van der Waals surface area contributed by atoms with Gasteiger partial charge in [0.2, 0.25) is 0 Å². The van der Waals surface area contributed by atoms with Crippen molar-refractivity contribution in [2.45, 2.75) is 0 Å². The first kappa shape index (κ1) is 29.6. The predicted octanol–water partition coefficient (Wildman–Crippen LogP) is 14.6. The van der Waals surface area contributed by atoms with E-state index in [0.717, 1.165) is 77.6 Å². The van der Waals surface area contributed by atoms with Gasteiger partial charge in [-0.1, -0.05) is 146 Å². The van der Waals surface area contributed by atoms with Crippen molar-refractivity contribution in [3.63, 3.8) is 0 Å². The molecule has 248 valence electrons. The van der Waals surface area contributed by atoms with E-state index >= 15 is 0 Å². The number of benzene rings is 9. The lowest BCUT2D eigenvalue weighted by Crippen LogP contribution is -2.10. The molecule has 53 heavy (non-hydrogen) atoms. The molecule has 11 rings (SSSR count). The van der Waals surface area contributed by atoms with Crippen LogP contribution in [0.5, 0.6) is 0 Å². The number of fused-ring (bicyclic) bond motifs is 10. The third-order valence-corrected chi connectivity index (χ3v) is 10.6. The first-order valence-electron chi connectivity index (χ1n) is 18.0. The lowest BCUT2D eigenvalue weighted by Gasteiger charge is -2.26. The molecule has 3 nitrogen and oxygen atoms in total. The number of para-hydroxylation sites is 2. The van der Waals surface area contributed by atoms with E-state index in [-0.39, 0.29) is 0 Å². The van der Waals surface area contributed by atoms with Gasteiger partial charge in [0.1, 0.15) is 16.7 Å². The SMILES string of the molecule is c1ccc(-c2cccc(N(c3ccc(-c4cccc5c4oc4ccc6ccccc6c45)cc3)c3cccc4c3oc3ccc5ccccc5c34)c2)cc1. The Hall–Kier alpha value is -7.10. The summed E-state index contributed by atoms with van der Waals surface area (Å²) in [5, 5.41) is 9.33. The summed E-state index contributed by atoms with van der Waals surface area (Å²) in [6.07, 6.45) is 0. The molecule has 3 heteroatoms. The van der Waals surface area contributed by atoms with Crippen molar-refractivity contribution >= 4 is 82.5 Å². The second-order valence-corrected chi connectivity index (χ2v) is 13.7. The zero-order valence-corrected chi connectivity index (χ0v) is 28.7. The summed E-state index contributed by atoms with van der Waals surface area (Å²) >= 11 is 0. The second kappa shape index (κ2) is 11.7. The van der Waals surface area contributed by atoms with Crippen LogP contribution in [-0.2, 0) is 0 Å². The molecule has 0 atom stereocenters. The fraction of sp³-hybridized carbons (Fsp3) is 0. The molecule has 0 amide bonds. The number of anilines is 3. The zero-order chi connectivity index (χ0) is 34.9. The topological polar surface area (TPSA) is 29.5 Å². The quantitative estimate of drug-likeness (QED) is 0.182. The van der Waals surface area contributed by atoms with Gasteiger partial charge >= 0.3 is 0 Å². The average molecular weight is 678 g/mol. The molecule has 0 aliphatic carbocycles. The van der Waals surface area contributed by atoms with Crippen LogP contribution < -0.4 is 4.90 Å². The van der Waals surface area contributed by atoms with Crippen LogP contribution in [0, 0.1) is 0 Å². The summed E-state index contributed by atoms with van der Waals surface area (Å²) in [6.45, 7) is 0. The Morgan fingerprint density at radius 3 is 1.62 bits per heavy atom. The molecule has 0 bridgehead atoms. The van der Waals surface area contributed by atoms with Crippen LogP contribution in [0.4, 0.5) is 17.1 Å². The highest BCUT2D eigenvalue weighted by atomic mass is 16.3. The Labute approximate surface area is 305 Å². The molecule has 2 heterocycles. The number of nitrogens with zero attached hydrogens (tertiary/aromatic N) is 1. The van der Waals surface area contributed by atoms with Crippen LogP contribution in [0.3, 0.4) is 0 Å². The molecule has 0 N–H and O–H groups in total. The molecule has 2 aromatic heterocycles. The van der Waals surface area contributed by atoms with E-state index in [1.807, 2.05) is 0 Å². The molecule has 0 spiro atoms. The van der Waals surface area contributed by atoms with Gasteiger partial charge in [-0.15, -0.1) is 0 Å². The van der Waals surface area contributed by atoms with Gasteiger partial charge in [-0.3, -0.25) is 0 Å². The van der Waals surface area contributed by atoms with Gasteiger partial charge in [0, 0.05) is 38.5 Å². The van der Waals surface area contributed by atoms with Crippen molar-refractivity contribution < 1.29 is 8.83 Å². The highest BCUT2D eigenvalue weighted by Crippen LogP contribution is 2.45. The molecular formula is C50H31NO2. The molecule has 0 aliphatic heterocycles. The lowest BCUT2D eigenvalue weighted by molar-refractivity contribution is 0.669. The lowest BCUT2D eigenvalue weighted by atomic mass is 9.99.